The molecule has 2 atom stereocenters. The molecule has 3 amide bonds. The lowest BCUT2D eigenvalue weighted by Gasteiger charge is -2.31. The summed E-state index contributed by atoms with van der Waals surface area (Å²) >= 11 is 0. The van der Waals surface area contributed by atoms with Gasteiger partial charge < -0.3 is 19.7 Å². The number of hydrogen-bond acceptors (Lipinski definition) is 4. The minimum atomic E-state index is -0.578. The first-order valence-electron chi connectivity index (χ1n) is 9.10. The molecular weight excluding hydrogens is 346 g/mol. The Bertz CT molecular complexity index is 802. The van der Waals surface area contributed by atoms with E-state index < -0.39 is 6.04 Å². The maximum Gasteiger partial charge on any atom is 0.322 e. The highest BCUT2D eigenvalue weighted by molar-refractivity contribution is 6.01. The average Bonchev–Trinajstić information content (AvgIpc) is 3.01. The van der Waals surface area contributed by atoms with Gasteiger partial charge in [-0.3, -0.25) is 9.69 Å². The fourth-order valence-electron chi connectivity index (χ4n) is 3.58. The first kappa shape index (κ1) is 19.1. The minimum Gasteiger partial charge on any atom is -0.497 e. The summed E-state index contributed by atoms with van der Waals surface area (Å²) in [6.07, 6.45) is 0. The highest BCUT2D eigenvalue weighted by atomic mass is 16.5. The smallest absolute Gasteiger partial charge is 0.322 e. The van der Waals surface area contributed by atoms with Crippen LogP contribution in [0.15, 0.2) is 29.5 Å². The first-order valence-corrected chi connectivity index (χ1v) is 9.10. The Labute approximate surface area is 159 Å². The lowest BCUT2D eigenvalue weighted by molar-refractivity contribution is -0.128. The number of ether oxygens (including phenoxy) is 2. The number of carbonyl (C=O) groups is 2. The molecule has 0 aliphatic carbocycles. The molecule has 0 bridgehead atoms. The van der Waals surface area contributed by atoms with Gasteiger partial charge in [0.1, 0.15) is 11.5 Å². The van der Waals surface area contributed by atoms with E-state index in [4.69, 9.17) is 9.47 Å². The van der Waals surface area contributed by atoms with Gasteiger partial charge in [0.05, 0.1) is 38.1 Å². The number of nitrogens with one attached hydrogen (secondary N) is 1. The molecule has 27 heavy (non-hydrogen) atoms. The number of amides is 3. The van der Waals surface area contributed by atoms with E-state index in [2.05, 4.69) is 19.2 Å². The summed E-state index contributed by atoms with van der Waals surface area (Å²) in [5.41, 5.74) is 2.04. The van der Waals surface area contributed by atoms with Gasteiger partial charge in [-0.05, 0) is 31.0 Å². The van der Waals surface area contributed by atoms with Gasteiger partial charge in [-0.2, -0.15) is 0 Å². The van der Waals surface area contributed by atoms with Crippen molar-refractivity contribution in [2.45, 2.75) is 32.9 Å². The number of hydrogen-bond donors (Lipinski definition) is 1. The highest BCUT2D eigenvalue weighted by Crippen LogP contribution is 2.41. The molecule has 0 radical (unpaired) electrons. The van der Waals surface area contributed by atoms with Crippen molar-refractivity contribution in [3.63, 3.8) is 0 Å². The summed E-state index contributed by atoms with van der Waals surface area (Å²) in [6, 6.07) is 4.63. The summed E-state index contributed by atoms with van der Waals surface area (Å²) in [7, 11) is 4.85. The Balaban J connectivity index is 2.10. The van der Waals surface area contributed by atoms with E-state index in [9.17, 15) is 9.59 Å². The van der Waals surface area contributed by atoms with Crippen molar-refractivity contribution in [1.82, 2.24) is 15.1 Å². The van der Waals surface area contributed by atoms with Gasteiger partial charge in [-0.15, -0.1) is 0 Å². The Hall–Kier alpha value is -2.70. The quantitative estimate of drug-likeness (QED) is 0.861. The van der Waals surface area contributed by atoms with Crippen LogP contribution >= 0.6 is 0 Å². The lowest BCUT2D eigenvalue weighted by atomic mass is 9.94. The molecular formula is C20H27N3O4. The number of nitrogens with zero attached hydrogens (tertiary/aromatic N) is 2. The van der Waals surface area contributed by atoms with Gasteiger partial charge in [0.2, 0.25) is 0 Å². The fourth-order valence-corrected chi connectivity index (χ4v) is 3.58. The Morgan fingerprint density at radius 3 is 2.44 bits per heavy atom. The zero-order valence-corrected chi connectivity index (χ0v) is 16.7. The lowest BCUT2D eigenvalue weighted by Crippen LogP contribution is -2.45. The molecule has 2 unspecified atom stereocenters. The molecule has 146 valence electrons. The van der Waals surface area contributed by atoms with E-state index >= 15 is 0 Å². The summed E-state index contributed by atoms with van der Waals surface area (Å²) in [6.45, 7) is 6.65. The zero-order chi connectivity index (χ0) is 19.9. The van der Waals surface area contributed by atoms with E-state index in [1.807, 2.05) is 17.9 Å². The summed E-state index contributed by atoms with van der Waals surface area (Å²) < 4.78 is 10.8. The van der Waals surface area contributed by atoms with Gasteiger partial charge in [0.15, 0.2) is 0 Å². The molecule has 7 heteroatoms. The van der Waals surface area contributed by atoms with E-state index in [1.165, 1.54) is 4.90 Å². The fraction of sp³-hybridized carbons (Fsp3) is 0.500. The molecule has 0 spiro atoms. The molecule has 0 saturated carbocycles. The SMILES string of the molecule is COc1ccc(OC)c(C2NC(=O)N(C)C3=C2C(=O)N(C(C)C(C)C)C3)c1. The van der Waals surface area contributed by atoms with E-state index in [0.717, 1.165) is 5.70 Å². The minimum absolute atomic E-state index is 0.0482. The number of likely N-dealkylation sites (N-methyl/N-ethyl adjacent to an activating group) is 1. The van der Waals surface area contributed by atoms with Crippen LogP contribution in [0, 0.1) is 5.92 Å². The Kier molecular flexibility index (Phi) is 5.04. The third-order valence-electron chi connectivity index (χ3n) is 5.59. The summed E-state index contributed by atoms with van der Waals surface area (Å²) in [4.78, 5) is 29.2. The van der Waals surface area contributed by atoms with Crippen LogP contribution in [-0.4, -0.2) is 55.6 Å². The van der Waals surface area contributed by atoms with Crippen molar-refractivity contribution in [1.29, 1.82) is 0 Å². The van der Waals surface area contributed by atoms with E-state index in [-0.39, 0.29) is 18.0 Å². The number of methoxy groups -OCH3 is 2. The number of urea groups is 1. The van der Waals surface area contributed by atoms with Crippen LogP contribution in [0.1, 0.15) is 32.4 Å². The Morgan fingerprint density at radius 2 is 1.85 bits per heavy atom. The largest absolute Gasteiger partial charge is 0.497 e. The van der Waals surface area contributed by atoms with Crippen LogP contribution in [0.2, 0.25) is 0 Å². The molecule has 0 fully saturated rings. The van der Waals surface area contributed by atoms with Gasteiger partial charge in [0.25, 0.3) is 5.91 Å². The van der Waals surface area contributed by atoms with Gasteiger partial charge in [-0.1, -0.05) is 13.8 Å². The van der Waals surface area contributed by atoms with Crippen LogP contribution in [-0.2, 0) is 4.79 Å². The maximum absolute atomic E-state index is 13.3. The molecule has 2 heterocycles. The van der Waals surface area contributed by atoms with E-state index in [0.29, 0.717) is 35.1 Å². The van der Waals surface area contributed by atoms with Crippen LogP contribution in [0.3, 0.4) is 0 Å². The Morgan fingerprint density at radius 1 is 1.15 bits per heavy atom. The number of rotatable bonds is 5. The van der Waals surface area contributed by atoms with Crippen molar-refractivity contribution in [3.05, 3.63) is 35.0 Å². The van der Waals surface area contributed by atoms with Crippen LogP contribution in [0.5, 0.6) is 11.5 Å². The standard InChI is InChI=1S/C20H27N3O4/c1-11(2)12(3)23-10-15-17(19(23)24)18(21-20(25)22(15)4)14-9-13(26-5)7-8-16(14)27-6/h7-9,11-12,18H,10H2,1-6H3,(H,21,25). The van der Waals surface area contributed by atoms with Gasteiger partial charge in [-0.25, -0.2) is 4.79 Å². The predicted molar refractivity (Wildman–Crippen MR) is 102 cm³/mol. The molecule has 3 rings (SSSR count). The van der Waals surface area contributed by atoms with Crippen LogP contribution in [0.25, 0.3) is 0 Å². The van der Waals surface area contributed by atoms with Crippen molar-refractivity contribution < 1.29 is 19.1 Å². The normalized spacial score (nSPS) is 20.8. The third kappa shape index (κ3) is 3.11. The molecule has 1 aromatic carbocycles. The predicted octanol–water partition coefficient (Wildman–Crippen LogP) is 2.54. The highest BCUT2D eigenvalue weighted by Gasteiger charge is 2.45. The second kappa shape index (κ2) is 7.13. The second-order valence-corrected chi connectivity index (χ2v) is 7.33. The van der Waals surface area contributed by atoms with Crippen LogP contribution in [0.4, 0.5) is 4.79 Å². The maximum atomic E-state index is 13.3. The van der Waals surface area contributed by atoms with Crippen molar-refractivity contribution in [2.75, 3.05) is 27.8 Å². The third-order valence-corrected chi connectivity index (χ3v) is 5.59. The van der Waals surface area contributed by atoms with E-state index in [1.54, 1.807) is 33.4 Å². The zero-order valence-electron chi connectivity index (χ0n) is 16.7. The number of benzene rings is 1. The average molecular weight is 373 g/mol. The summed E-state index contributed by atoms with van der Waals surface area (Å²) in [5, 5.41) is 2.95. The molecule has 2 aliphatic rings. The molecule has 7 nitrogen and oxygen atoms in total. The van der Waals surface area contributed by atoms with Gasteiger partial charge in [0, 0.05) is 18.7 Å². The topological polar surface area (TPSA) is 71.1 Å². The van der Waals surface area contributed by atoms with Crippen LogP contribution < -0.4 is 14.8 Å². The van der Waals surface area contributed by atoms with Crippen molar-refractivity contribution in [3.8, 4) is 11.5 Å². The van der Waals surface area contributed by atoms with Gasteiger partial charge >= 0.3 is 6.03 Å². The molecule has 1 aromatic rings. The van der Waals surface area contributed by atoms with Crippen molar-refractivity contribution in [2.24, 2.45) is 5.92 Å². The second-order valence-electron chi connectivity index (χ2n) is 7.33. The first-order chi connectivity index (χ1) is 12.8. The molecule has 1 N–H and O–H groups in total. The molecule has 2 aliphatic heterocycles. The molecule has 0 aromatic heterocycles. The monoisotopic (exact) mass is 373 g/mol. The summed E-state index contributed by atoms with van der Waals surface area (Å²) in [5.74, 6) is 1.50. The van der Waals surface area contributed by atoms with Crippen molar-refractivity contribution >= 4 is 11.9 Å². The molecule has 0 saturated heterocycles. The number of carbonyl (C=O) groups excluding carboxylic acids is 2.